The number of hydrogen-bond donors (Lipinski definition) is 1. The molecule has 0 heterocycles. The standard InChI is InChI=1S/C14H22BrNO/c1-4-11(6-5-10(2)16)13-9-12(15)7-8-14(13)17-3/h7-11H,4-6,16H2,1-3H3. The van der Waals surface area contributed by atoms with Gasteiger partial charge in [-0.1, -0.05) is 22.9 Å². The number of halogens is 1. The summed E-state index contributed by atoms with van der Waals surface area (Å²) in [5.74, 6) is 1.50. The summed E-state index contributed by atoms with van der Waals surface area (Å²) < 4.78 is 6.54. The number of methoxy groups -OCH3 is 1. The molecule has 2 nitrogen and oxygen atoms in total. The van der Waals surface area contributed by atoms with Gasteiger partial charge < -0.3 is 10.5 Å². The zero-order valence-corrected chi connectivity index (χ0v) is 12.5. The fraction of sp³-hybridized carbons (Fsp3) is 0.571. The van der Waals surface area contributed by atoms with Crippen molar-refractivity contribution in [2.45, 2.75) is 45.1 Å². The van der Waals surface area contributed by atoms with Crippen molar-refractivity contribution in [3.05, 3.63) is 28.2 Å². The maximum Gasteiger partial charge on any atom is 0.122 e. The third-order valence-electron chi connectivity index (χ3n) is 3.09. The zero-order valence-electron chi connectivity index (χ0n) is 10.9. The van der Waals surface area contributed by atoms with Crippen LogP contribution in [0.5, 0.6) is 5.75 Å². The van der Waals surface area contributed by atoms with Gasteiger partial charge in [0.25, 0.3) is 0 Å². The maximum absolute atomic E-state index is 5.83. The van der Waals surface area contributed by atoms with Gasteiger partial charge in [-0.2, -0.15) is 0 Å². The van der Waals surface area contributed by atoms with E-state index in [2.05, 4.69) is 35.8 Å². The van der Waals surface area contributed by atoms with E-state index in [1.165, 1.54) is 5.56 Å². The van der Waals surface area contributed by atoms with Crippen LogP contribution >= 0.6 is 15.9 Å². The highest BCUT2D eigenvalue weighted by atomic mass is 79.9. The molecule has 0 aliphatic rings. The Balaban J connectivity index is 2.89. The van der Waals surface area contributed by atoms with Gasteiger partial charge in [0.05, 0.1) is 7.11 Å². The van der Waals surface area contributed by atoms with Crippen LogP contribution in [0.3, 0.4) is 0 Å². The Morgan fingerprint density at radius 2 is 2.06 bits per heavy atom. The van der Waals surface area contributed by atoms with Crippen LogP contribution in [0, 0.1) is 0 Å². The highest BCUT2D eigenvalue weighted by molar-refractivity contribution is 9.10. The molecule has 0 aromatic heterocycles. The Kier molecular flexibility index (Phi) is 6.00. The average molecular weight is 300 g/mol. The van der Waals surface area contributed by atoms with Crippen LogP contribution in [0.15, 0.2) is 22.7 Å². The Hall–Kier alpha value is -0.540. The molecular formula is C14H22BrNO. The number of ether oxygens (including phenoxy) is 1. The first-order chi connectivity index (χ1) is 8.08. The van der Waals surface area contributed by atoms with Crippen molar-refractivity contribution in [1.29, 1.82) is 0 Å². The van der Waals surface area contributed by atoms with Crippen LogP contribution in [-0.2, 0) is 0 Å². The molecule has 1 rings (SSSR count). The molecule has 1 aromatic carbocycles. The summed E-state index contributed by atoms with van der Waals surface area (Å²) in [6, 6.07) is 6.46. The van der Waals surface area contributed by atoms with Crippen molar-refractivity contribution in [3.63, 3.8) is 0 Å². The summed E-state index contributed by atoms with van der Waals surface area (Å²) in [6.07, 6.45) is 3.27. The molecule has 2 unspecified atom stereocenters. The molecule has 0 aliphatic heterocycles. The van der Waals surface area contributed by atoms with Gasteiger partial charge in [0.2, 0.25) is 0 Å². The first-order valence-electron chi connectivity index (χ1n) is 6.17. The molecule has 0 fully saturated rings. The quantitative estimate of drug-likeness (QED) is 0.859. The molecule has 0 spiro atoms. The summed E-state index contributed by atoms with van der Waals surface area (Å²) in [6.45, 7) is 4.27. The molecule has 0 radical (unpaired) electrons. The van der Waals surface area contributed by atoms with Gasteiger partial charge in [0, 0.05) is 10.5 Å². The van der Waals surface area contributed by atoms with Gasteiger partial charge in [-0.3, -0.25) is 0 Å². The molecule has 0 saturated heterocycles. The summed E-state index contributed by atoms with van der Waals surface area (Å²) in [5.41, 5.74) is 7.12. The van der Waals surface area contributed by atoms with E-state index in [0.717, 1.165) is 29.5 Å². The van der Waals surface area contributed by atoms with E-state index >= 15 is 0 Å². The zero-order chi connectivity index (χ0) is 12.8. The van der Waals surface area contributed by atoms with Gasteiger partial charge in [-0.15, -0.1) is 0 Å². The highest BCUT2D eigenvalue weighted by Crippen LogP contribution is 2.34. The Bertz CT molecular complexity index is 352. The predicted octanol–water partition coefficient (Wildman–Crippen LogP) is 4.08. The van der Waals surface area contributed by atoms with E-state index < -0.39 is 0 Å². The second kappa shape index (κ2) is 7.02. The fourth-order valence-corrected chi connectivity index (χ4v) is 2.45. The molecule has 0 aliphatic carbocycles. The van der Waals surface area contributed by atoms with Crippen LogP contribution in [0.25, 0.3) is 0 Å². The first-order valence-corrected chi connectivity index (χ1v) is 6.96. The van der Waals surface area contributed by atoms with Crippen LogP contribution in [0.2, 0.25) is 0 Å². The molecule has 96 valence electrons. The second-order valence-corrected chi connectivity index (χ2v) is 5.46. The monoisotopic (exact) mass is 299 g/mol. The third-order valence-corrected chi connectivity index (χ3v) is 3.59. The number of hydrogen-bond acceptors (Lipinski definition) is 2. The number of benzene rings is 1. The molecule has 2 N–H and O–H groups in total. The molecule has 3 heteroatoms. The van der Waals surface area contributed by atoms with Crippen molar-refractivity contribution in [3.8, 4) is 5.75 Å². The van der Waals surface area contributed by atoms with Crippen molar-refractivity contribution < 1.29 is 4.74 Å². The SMILES string of the molecule is CCC(CCC(C)N)c1cc(Br)ccc1OC. The van der Waals surface area contributed by atoms with Gasteiger partial charge in [-0.25, -0.2) is 0 Å². The molecule has 0 bridgehead atoms. The van der Waals surface area contributed by atoms with Crippen LogP contribution in [0.4, 0.5) is 0 Å². The summed E-state index contributed by atoms with van der Waals surface area (Å²) in [4.78, 5) is 0. The highest BCUT2D eigenvalue weighted by Gasteiger charge is 2.15. The molecule has 2 atom stereocenters. The van der Waals surface area contributed by atoms with E-state index in [1.807, 2.05) is 12.1 Å². The van der Waals surface area contributed by atoms with Crippen LogP contribution in [-0.4, -0.2) is 13.2 Å². The average Bonchev–Trinajstić information content (AvgIpc) is 2.30. The first kappa shape index (κ1) is 14.5. The Labute approximate surface area is 113 Å². The molecular weight excluding hydrogens is 278 g/mol. The Morgan fingerprint density at radius 1 is 1.35 bits per heavy atom. The summed E-state index contributed by atoms with van der Waals surface area (Å²) in [5, 5.41) is 0. The van der Waals surface area contributed by atoms with Gasteiger partial charge in [0.1, 0.15) is 5.75 Å². The lowest BCUT2D eigenvalue weighted by atomic mass is 9.90. The van der Waals surface area contributed by atoms with Crippen molar-refractivity contribution in [2.24, 2.45) is 5.73 Å². The molecule has 0 amide bonds. The fourth-order valence-electron chi connectivity index (χ4n) is 2.07. The lowest BCUT2D eigenvalue weighted by molar-refractivity contribution is 0.400. The van der Waals surface area contributed by atoms with Crippen LogP contribution in [0.1, 0.15) is 44.6 Å². The molecule has 17 heavy (non-hydrogen) atoms. The van der Waals surface area contributed by atoms with E-state index in [9.17, 15) is 0 Å². The van der Waals surface area contributed by atoms with Crippen molar-refractivity contribution in [2.75, 3.05) is 7.11 Å². The minimum atomic E-state index is 0.266. The van der Waals surface area contributed by atoms with Gasteiger partial charge in [0.15, 0.2) is 0 Å². The smallest absolute Gasteiger partial charge is 0.122 e. The van der Waals surface area contributed by atoms with E-state index in [1.54, 1.807) is 7.11 Å². The lowest BCUT2D eigenvalue weighted by Gasteiger charge is -2.19. The largest absolute Gasteiger partial charge is 0.496 e. The third kappa shape index (κ3) is 4.32. The summed E-state index contributed by atoms with van der Waals surface area (Å²) >= 11 is 3.52. The topological polar surface area (TPSA) is 35.2 Å². The molecule has 1 aromatic rings. The van der Waals surface area contributed by atoms with Crippen molar-refractivity contribution >= 4 is 15.9 Å². The predicted molar refractivity (Wildman–Crippen MR) is 76.6 cm³/mol. The lowest BCUT2D eigenvalue weighted by Crippen LogP contribution is -2.16. The Morgan fingerprint density at radius 3 is 2.59 bits per heavy atom. The van der Waals surface area contributed by atoms with E-state index in [-0.39, 0.29) is 6.04 Å². The number of nitrogens with two attached hydrogens (primary N) is 1. The minimum Gasteiger partial charge on any atom is -0.496 e. The van der Waals surface area contributed by atoms with Gasteiger partial charge >= 0.3 is 0 Å². The van der Waals surface area contributed by atoms with Crippen LogP contribution < -0.4 is 10.5 Å². The number of rotatable bonds is 6. The van der Waals surface area contributed by atoms with E-state index in [0.29, 0.717) is 5.92 Å². The van der Waals surface area contributed by atoms with Gasteiger partial charge in [-0.05, 0) is 55.9 Å². The maximum atomic E-state index is 5.83. The molecule has 0 saturated carbocycles. The minimum absolute atomic E-state index is 0.266. The normalized spacial score (nSPS) is 14.4. The summed E-state index contributed by atoms with van der Waals surface area (Å²) in [7, 11) is 1.73. The second-order valence-electron chi connectivity index (χ2n) is 4.55. The van der Waals surface area contributed by atoms with Crippen molar-refractivity contribution in [1.82, 2.24) is 0 Å². The van der Waals surface area contributed by atoms with E-state index in [4.69, 9.17) is 10.5 Å².